The zero-order valence-electron chi connectivity index (χ0n) is 11.9. The van der Waals surface area contributed by atoms with Crippen LogP contribution < -0.4 is 4.80 Å². The van der Waals surface area contributed by atoms with Crippen molar-refractivity contribution in [2.24, 2.45) is 12.0 Å². The molecule has 1 aliphatic carbocycles. The van der Waals surface area contributed by atoms with Crippen molar-refractivity contribution >= 4 is 22.9 Å². The van der Waals surface area contributed by atoms with E-state index in [4.69, 9.17) is 16.6 Å². The van der Waals surface area contributed by atoms with Crippen LogP contribution in [0.4, 0.5) is 0 Å². The van der Waals surface area contributed by atoms with E-state index >= 15 is 0 Å². The van der Waals surface area contributed by atoms with Crippen LogP contribution in [0.2, 0.25) is 5.02 Å². The summed E-state index contributed by atoms with van der Waals surface area (Å²) in [6.45, 7) is 0. The van der Waals surface area contributed by atoms with Gasteiger partial charge in [-0.15, -0.1) is 0 Å². The van der Waals surface area contributed by atoms with Crippen LogP contribution in [0.5, 0.6) is 0 Å². The molecule has 0 radical (unpaired) electrons. The van der Waals surface area contributed by atoms with Gasteiger partial charge in [-0.1, -0.05) is 47.9 Å². The van der Waals surface area contributed by atoms with Gasteiger partial charge in [0.1, 0.15) is 5.01 Å². The summed E-state index contributed by atoms with van der Waals surface area (Å²) in [6.07, 6.45) is 3.71. The predicted molar refractivity (Wildman–Crippen MR) is 85.4 cm³/mol. The summed E-state index contributed by atoms with van der Waals surface area (Å²) >= 11 is 7.46. The molecule has 0 bridgehead atoms. The maximum absolute atomic E-state index is 10.0. The Hall–Kier alpha value is -1.17. The maximum Gasteiger partial charge on any atom is 0.203 e. The van der Waals surface area contributed by atoms with Crippen LogP contribution in [0, 0.1) is 0 Å². The van der Waals surface area contributed by atoms with Crippen molar-refractivity contribution in [1.29, 1.82) is 0 Å². The minimum atomic E-state index is -0.320. The molecule has 1 aliphatic rings. The molecule has 3 rings (SSSR count). The van der Waals surface area contributed by atoms with Gasteiger partial charge >= 0.3 is 0 Å². The van der Waals surface area contributed by atoms with Gasteiger partial charge in [-0.2, -0.15) is 5.10 Å². The molecule has 1 aromatic heterocycles. The Kier molecular flexibility index (Phi) is 4.42. The van der Waals surface area contributed by atoms with E-state index in [1.807, 2.05) is 31.3 Å². The van der Waals surface area contributed by atoms with Crippen molar-refractivity contribution in [3.8, 4) is 10.6 Å². The Bertz CT molecular complexity index is 677. The molecular weight excluding hydrogens is 306 g/mol. The van der Waals surface area contributed by atoms with Crippen molar-refractivity contribution in [2.45, 2.75) is 37.8 Å². The summed E-state index contributed by atoms with van der Waals surface area (Å²) in [7, 11) is 1.89. The number of rotatable bonds is 2. The number of aliphatic hydroxyl groups is 1. The Morgan fingerprint density at radius 3 is 2.71 bits per heavy atom. The minimum Gasteiger partial charge on any atom is -0.391 e. The SMILES string of the molecule is Cn1nc(-c2ccc(Cl)cc2)sc1=N[C@H]1CCCC[C@@H]1O. The molecule has 1 saturated carbocycles. The standard InChI is InChI=1S/C15H18ClN3OS/c1-19-15(17-12-4-2-3-5-13(12)20)21-14(18-19)10-6-8-11(16)9-7-10/h6-9,12-13,20H,2-5H2,1H3/t12-,13-/m0/s1. The number of benzene rings is 1. The molecule has 1 heterocycles. The highest BCUT2D eigenvalue weighted by atomic mass is 35.5. The van der Waals surface area contributed by atoms with E-state index in [-0.39, 0.29) is 12.1 Å². The number of aryl methyl sites for hydroxylation is 1. The second-order valence-corrected chi connectivity index (χ2v) is 6.76. The highest BCUT2D eigenvalue weighted by Gasteiger charge is 2.22. The summed E-state index contributed by atoms with van der Waals surface area (Å²) in [4.78, 5) is 5.56. The summed E-state index contributed by atoms with van der Waals surface area (Å²) in [5.74, 6) is 0. The molecule has 1 fully saturated rings. The molecule has 0 spiro atoms. The fourth-order valence-electron chi connectivity index (χ4n) is 2.56. The van der Waals surface area contributed by atoms with Gasteiger partial charge in [0.2, 0.25) is 4.80 Å². The second kappa shape index (κ2) is 6.30. The third kappa shape index (κ3) is 3.36. The van der Waals surface area contributed by atoms with Crippen molar-refractivity contribution in [1.82, 2.24) is 9.78 Å². The van der Waals surface area contributed by atoms with E-state index in [0.29, 0.717) is 0 Å². The largest absolute Gasteiger partial charge is 0.391 e. The van der Waals surface area contributed by atoms with Gasteiger partial charge in [-0.3, -0.25) is 4.99 Å². The number of nitrogens with zero attached hydrogens (tertiary/aromatic N) is 3. The van der Waals surface area contributed by atoms with Crippen LogP contribution in [-0.2, 0) is 7.05 Å². The lowest BCUT2D eigenvalue weighted by Gasteiger charge is -2.23. The molecule has 1 aromatic carbocycles. The van der Waals surface area contributed by atoms with Crippen molar-refractivity contribution < 1.29 is 5.11 Å². The van der Waals surface area contributed by atoms with Crippen molar-refractivity contribution in [3.05, 3.63) is 34.1 Å². The van der Waals surface area contributed by atoms with Crippen LogP contribution in [0.25, 0.3) is 10.6 Å². The lowest BCUT2D eigenvalue weighted by molar-refractivity contribution is 0.107. The summed E-state index contributed by atoms with van der Waals surface area (Å²) in [5, 5.41) is 16.2. The normalized spacial score (nSPS) is 23.5. The molecule has 112 valence electrons. The Morgan fingerprint density at radius 2 is 2.00 bits per heavy atom. The van der Waals surface area contributed by atoms with E-state index in [0.717, 1.165) is 46.1 Å². The molecule has 6 heteroatoms. The summed E-state index contributed by atoms with van der Waals surface area (Å²) in [6, 6.07) is 7.64. The Labute approximate surface area is 132 Å². The Morgan fingerprint density at radius 1 is 1.29 bits per heavy atom. The van der Waals surface area contributed by atoms with E-state index in [1.54, 1.807) is 16.0 Å². The van der Waals surface area contributed by atoms with Crippen molar-refractivity contribution in [2.75, 3.05) is 0 Å². The maximum atomic E-state index is 10.0. The van der Waals surface area contributed by atoms with Gasteiger partial charge in [0, 0.05) is 17.6 Å². The molecule has 4 nitrogen and oxygen atoms in total. The van der Waals surface area contributed by atoms with Crippen LogP contribution in [0.15, 0.2) is 29.3 Å². The molecular formula is C15H18ClN3OS. The highest BCUT2D eigenvalue weighted by Crippen LogP contribution is 2.23. The molecule has 0 saturated heterocycles. The Balaban J connectivity index is 1.92. The molecule has 21 heavy (non-hydrogen) atoms. The van der Waals surface area contributed by atoms with Gasteiger partial charge in [0.05, 0.1) is 12.1 Å². The first-order valence-corrected chi connectivity index (χ1v) is 8.35. The molecule has 0 amide bonds. The topological polar surface area (TPSA) is 50.4 Å². The quantitative estimate of drug-likeness (QED) is 0.923. The van der Waals surface area contributed by atoms with E-state index in [2.05, 4.69) is 5.10 Å². The van der Waals surface area contributed by atoms with E-state index in [9.17, 15) is 5.11 Å². The number of aromatic nitrogens is 2. The summed E-state index contributed by atoms with van der Waals surface area (Å²) < 4.78 is 1.79. The monoisotopic (exact) mass is 323 g/mol. The lowest BCUT2D eigenvalue weighted by Crippen LogP contribution is -2.30. The van der Waals surface area contributed by atoms with Crippen LogP contribution >= 0.6 is 22.9 Å². The van der Waals surface area contributed by atoms with Gasteiger partial charge in [-0.25, -0.2) is 4.68 Å². The fourth-order valence-corrected chi connectivity index (χ4v) is 3.63. The number of hydrogen-bond acceptors (Lipinski definition) is 4. The third-order valence-electron chi connectivity index (χ3n) is 3.77. The predicted octanol–water partition coefficient (Wildman–Crippen LogP) is 3.01. The number of halogens is 1. The number of aliphatic hydroxyl groups excluding tert-OH is 1. The van der Waals surface area contributed by atoms with Gasteiger partial charge < -0.3 is 5.11 Å². The smallest absolute Gasteiger partial charge is 0.203 e. The van der Waals surface area contributed by atoms with E-state index < -0.39 is 0 Å². The highest BCUT2D eigenvalue weighted by molar-refractivity contribution is 7.12. The summed E-state index contributed by atoms with van der Waals surface area (Å²) in [5.41, 5.74) is 1.03. The number of hydrogen-bond donors (Lipinski definition) is 1. The third-order valence-corrected chi connectivity index (χ3v) is 5.08. The average molecular weight is 324 g/mol. The van der Waals surface area contributed by atoms with Gasteiger partial charge in [0.15, 0.2) is 0 Å². The van der Waals surface area contributed by atoms with Crippen LogP contribution in [0.3, 0.4) is 0 Å². The van der Waals surface area contributed by atoms with E-state index in [1.165, 1.54) is 0 Å². The molecule has 0 aliphatic heterocycles. The van der Waals surface area contributed by atoms with Crippen molar-refractivity contribution in [3.63, 3.8) is 0 Å². The fraction of sp³-hybridized carbons (Fsp3) is 0.467. The van der Waals surface area contributed by atoms with Crippen LogP contribution in [-0.4, -0.2) is 27.0 Å². The first kappa shape index (κ1) is 14.8. The molecule has 2 aromatic rings. The minimum absolute atomic E-state index is 0.00321. The average Bonchev–Trinajstić information content (AvgIpc) is 2.83. The molecule has 2 atom stereocenters. The molecule has 0 unspecified atom stereocenters. The lowest BCUT2D eigenvalue weighted by atomic mass is 9.93. The first-order chi connectivity index (χ1) is 10.1. The first-order valence-electron chi connectivity index (χ1n) is 7.15. The second-order valence-electron chi connectivity index (χ2n) is 5.37. The van der Waals surface area contributed by atoms with Crippen LogP contribution in [0.1, 0.15) is 25.7 Å². The zero-order chi connectivity index (χ0) is 14.8. The van der Waals surface area contributed by atoms with Gasteiger partial charge in [0.25, 0.3) is 0 Å². The zero-order valence-corrected chi connectivity index (χ0v) is 13.4. The molecule has 1 N–H and O–H groups in total. The van der Waals surface area contributed by atoms with Gasteiger partial charge in [-0.05, 0) is 25.0 Å².